The Labute approximate surface area is 119 Å². The van der Waals surface area contributed by atoms with E-state index in [2.05, 4.69) is 10.6 Å². The van der Waals surface area contributed by atoms with Crippen LogP contribution in [0.25, 0.3) is 0 Å². The second-order valence-corrected chi connectivity index (χ2v) is 4.66. The molecule has 5 heteroatoms. The van der Waals surface area contributed by atoms with Crippen molar-refractivity contribution < 1.29 is 9.53 Å². The Bertz CT molecular complexity index is 399. The van der Waals surface area contributed by atoms with Crippen LogP contribution in [-0.2, 0) is 4.74 Å². The van der Waals surface area contributed by atoms with Gasteiger partial charge in [0.2, 0.25) is 0 Å². The van der Waals surface area contributed by atoms with Gasteiger partial charge in [-0.2, -0.15) is 0 Å². The number of halogens is 1. The quantitative estimate of drug-likeness (QED) is 0.756. The second kappa shape index (κ2) is 8.77. The molecule has 4 nitrogen and oxygen atoms in total. The van der Waals surface area contributed by atoms with Gasteiger partial charge in [-0.05, 0) is 38.0 Å². The maximum absolute atomic E-state index is 11.6. The van der Waals surface area contributed by atoms with Crippen molar-refractivity contribution >= 4 is 17.6 Å². The third-order valence-electron chi connectivity index (χ3n) is 2.65. The molecule has 0 saturated heterocycles. The van der Waals surface area contributed by atoms with E-state index in [1.807, 2.05) is 38.1 Å². The number of ether oxygens (including phenoxy) is 1. The van der Waals surface area contributed by atoms with E-state index in [9.17, 15) is 4.79 Å². The molecule has 2 N–H and O–H groups in total. The van der Waals surface area contributed by atoms with Crippen LogP contribution in [0.2, 0.25) is 5.02 Å². The van der Waals surface area contributed by atoms with E-state index < -0.39 is 0 Å². The molecule has 1 aromatic carbocycles. The van der Waals surface area contributed by atoms with Crippen molar-refractivity contribution in [1.82, 2.24) is 10.6 Å². The van der Waals surface area contributed by atoms with E-state index in [0.717, 1.165) is 12.0 Å². The maximum Gasteiger partial charge on any atom is 0.315 e. The van der Waals surface area contributed by atoms with E-state index in [4.69, 9.17) is 16.3 Å². The Hall–Kier alpha value is -1.26. The summed E-state index contributed by atoms with van der Waals surface area (Å²) < 4.78 is 5.19. The van der Waals surface area contributed by atoms with Gasteiger partial charge < -0.3 is 15.4 Å². The lowest BCUT2D eigenvalue weighted by Gasteiger charge is -2.15. The molecule has 0 aliphatic heterocycles. The minimum Gasteiger partial charge on any atom is -0.382 e. The fourth-order valence-electron chi connectivity index (χ4n) is 1.63. The molecule has 0 aliphatic rings. The van der Waals surface area contributed by atoms with Crippen LogP contribution in [0.3, 0.4) is 0 Å². The summed E-state index contributed by atoms with van der Waals surface area (Å²) in [5.74, 6) is 0. The molecular formula is C14H21ClN2O2. The maximum atomic E-state index is 11.6. The van der Waals surface area contributed by atoms with Crippen molar-refractivity contribution in [3.63, 3.8) is 0 Å². The summed E-state index contributed by atoms with van der Waals surface area (Å²) in [5.41, 5.74) is 0.983. The summed E-state index contributed by atoms with van der Waals surface area (Å²) in [7, 11) is 0. The SMILES string of the molecule is CCOCCCNC(=O)N[C@H](C)c1cccc(Cl)c1. The van der Waals surface area contributed by atoms with Crippen molar-refractivity contribution in [3.8, 4) is 0 Å². The first-order valence-electron chi connectivity index (χ1n) is 6.51. The Morgan fingerprint density at radius 1 is 1.47 bits per heavy atom. The van der Waals surface area contributed by atoms with Gasteiger partial charge in [0.1, 0.15) is 0 Å². The molecular weight excluding hydrogens is 264 g/mol. The molecule has 19 heavy (non-hydrogen) atoms. The molecule has 2 amide bonds. The lowest BCUT2D eigenvalue weighted by atomic mass is 10.1. The number of rotatable bonds is 7. The van der Waals surface area contributed by atoms with Crippen molar-refractivity contribution in [2.75, 3.05) is 19.8 Å². The standard InChI is InChI=1S/C14H21ClN2O2/c1-3-19-9-5-8-16-14(18)17-11(2)12-6-4-7-13(15)10-12/h4,6-7,10-11H,3,5,8-9H2,1-2H3,(H2,16,17,18)/t11-/m1/s1. The van der Waals surface area contributed by atoms with Crippen LogP contribution in [-0.4, -0.2) is 25.8 Å². The predicted molar refractivity (Wildman–Crippen MR) is 77.5 cm³/mol. The number of hydrogen-bond donors (Lipinski definition) is 2. The molecule has 0 unspecified atom stereocenters. The normalized spacial score (nSPS) is 11.9. The molecule has 0 saturated carbocycles. The van der Waals surface area contributed by atoms with Crippen molar-refractivity contribution in [2.24, 2.45) is 0 Å². The number of hydrogen-bond acceptors (Lipinski definition) is 2. The van der Waals surface area contributed by atoms with Crippen LogP contribution in [0.4, 0.5) is 4.79 Å². The third-order valence-corrected chi connectivity index (χ3v) is 2.89. The van der Waals surface area contributed by atoms with Gasteiger partial charge in [0, 0.05) is 24.8 Å². The van der Waals surface area contributed by atoms with Crippen LogP contribution in [0, 0.1) is 0 Å². The molecule has 0 fully saturated rings. The molecule has 1 rings (SSSR count). The highest BCUT2D eigenvalue weighted by atomic mass is 35.5. The minimum atomic E-state index is -0.177. The van der Waals surface area contributed by atoms with E-state index >= 15 is 0 Å². The first-order valence-corrected chi connectivity index (χ1v) is 6.89. The average molecular weight is 285 g/mol. The van der Waals surface area contributed by atoms with Gasteiger partial charge in [-0.1, -0.05) is 23.7 Å². The minimum absolute atomic E-state index is 0.0782. The van der Waals surface area contributed by atoms with Gasteiger partial charge in [0.15, 0.2) is 0 Å². The van der Waals surface area contributed by atoms with Gasteiger partial charge in [-0.3, -0.25) is 0 Å². The van der Waals surface area contributed by atoms with Gasteiger partial charge in [0.05, 0.1) is 6.04 Å². The number of nitrogens with one attached hydrogen (secondary N) is 2. The van der Waals surface area contributed by atoms with Crippen molar-refractivity contribution in [1.29, 1.82) is 0 Å². The van der Waals surface area contributed by atoms with Gasteiger partial charge in [0.25, 0.3) is 0 Å². The van der Waals surface area contributed by atoms with E-state index in [1.165, 1.54) is 0 Å². The summed E-state index contributed by atoms with van der Waals surface area (Å²) >= 11 is 5.92. The summed E-state index contributed by atoms with van der Waals surface area (Å²) in [6.07, 6.45) is 0.812. The summed E-state index contributed by atoms with van der Waals surface area (Å²) in [6.45, 7) is 5.85. The highest BCUT2D eigenvalue weighted by Gasteiger charge is 2.08. The molecule has 0 heterocycles. The molecule has 0 bridgehead atoms. The summed E-state index contributed by atoms with van der Waals surface area (Å²) in [6, 6.07) is 7.21. The number of carbonyl (C=O) groups is 1. The van der Waals surface area contributed by atoms with Gasteiger partial charge >= 0.3 is 6.03 Å². The van der Waals surface area contributed by atoms with Crippen LogP contribution < -0.4 is 10.6 Å². The Kier molecular flexibility index (Phi) is 7.30. The number of carbonyl (C=O) groups excluding carboxylic acids is 1. The first-order chi connectivity index (χ1) is 9.13. The topological polar surface area (TPSA) is 50.4 Å². The number of urea groups is 1. The predicted octanol–water partition coefficient (Wildman–Crippen LogP) is 3.13. The fraction of sp³-hybridized carbons (Fsp3) is 0.500. The van der Waals surface area contributed by atoms with Gasteiger partial charge in [-0.25, -0.2) is 4.79 Å². The van der Waals surface area contributed by atoms with Crippen molar-refractivity contribution in [2.45, 2.75) is 26.3 Å². The Morgan fingerprint density at radius 3 is 2.95 bits per heavy atom. The monoisotopic (exact) mass is 284 g/mol. The largest absolute Gasteiger partial charge is 0.382 e. The zero-order valence-electron chi connectivity index (χ0n) is 11.4. The third kappa shape index (κ3) is 6.45. The first kappa shape index (κ1) is 15.8. The number of benzene rings is 1. The zero-order chi connectivity index (χ0) is 14.1. The smallest absolute Gasteiger partial charge is 0.315 e. The van der Waals surface area contributed by atoms with Crippen molar-refractivity contribution in [3.05, 3.63) is 34.9 Å². The summed E-state index contributed by atoms with van der Waals surface area (Å²) in [5, 5.41) is 6.33. The molecule has 1 aromatic rings. The van der Waals surface area contributed by atoms with Gasteiger partial charge in [-0.15, -0.1) is 0 Å². The highest BCUT2D eigenvalue weighted by molar-refractivity contribution is 6.30. The second-order valence-electron chi connectivity index (χ2n) is 4.23. The molecule has 0 aromatic heterocycles. The van der Waals surface area contributed by atoms with Crippen LogP contribution in [0.15, 0.2) is 24.3 Å². The molecule has 1 atom stereocenters. The van der Waals surface area contributed by atoms with E-state index in [-0.39, 0.29) is 12.1 Å². The number of amides is 2. The van der Waals surface area contributed by atoms with Crippen LogP contribution >= 0.6 is 11.6 Å². The zero-order valence-corrected chi connectivity index (χ0v) is 12.2. The highest BCUT2D eigenvalue weighted by Crippen LogP contribution is 2.16. The van der Waals surface area contributed by atoms with Crippen LogP contribution in [0.1, 0.15) is 31.9 Å². The molecule has 106 valence electrons. The molecule has 0 aliphatic carbocycles. The molecule has 0 radical (unpaired) electrons. The molecule has 0 spiro atoms. The summed E-state index contributed by atoms with van der Waals surface area (Å²) in [4.78, 5) is 11.6. The average Bonchev–Trinajstić information content (AvgIpc) is 2.38. The Balaban J connectivity index is 2.28. The fourth-order valence-corrected chi connectivity index (χ4v) is 1.83. The lowest BCUT2D eigenvalue weighted by Crippen LogP contribution is -2.37. The Morgan fingerprint density at radius 2 is 2.26 bits per heavy atom. The van der Waals surface area contributed by atoms with E-state index in [0.29, 0.717) is 24.8 Å². The van der Waals surface area contributed by atoms with E-state index in [1.54, 1.807) is 0 Å². The lowest BCUT2D eigenvalue weighted by molar-refractivity contribution is 0.145. The van der Waals surface area contributed by atoms with Crippen LogP contribution in [0.5, 0.6) is 0 Å².